The number of rotatable bonds is 13. The monoisotopic (exact) mass is 350 g/mol. The Kier molecular flexibility index (Phi) is 10.4. The molecule has 0 spiro atoms. The fraction of sp³-hybridized carbons (Fsp3) is 0.727. The van der Waals surface area contributed by atoms with Crippen LogP contribution >= 0.6 is 0 Å². The van der Waals surface area contributed by atoms with E-state index >= 15 is 0 Å². The number of aromatic hydroxyl groups is 2. The molecular formula is C22H38O3. The van der Waals surface area contributed by atoms with E-state index in [0.29, 0.717) is 18.8 Å². The quantitative estimate of drug-likeness (QED) is 0.324. The van der Waals surface area contributed by atoms with Crippen LogP contribution in [0.25, 0.3) is 0 Å². The number of hydrogen-bond acceptors (Lipinski definition) is 3. The van der Waals surface area contributed by atoms with Gasteiger partial charge in [0.05, 0.1) is 6.61 Å². The van der Waals surface area contributed by atoms with E-state index in [9.17, 15) is 10.2 Å². The SMILES string of the molecule is CCCCCCCCCCOc1c(O)c(O)c(CC)c(CC)c1CC. The summed E-state index contributed by atoms with van der Waals surface area (Å²) in [6, 6.07) is 0. The first-order valence-corrected chi connectivity index (χ1v) is 10.3. The molecule has 0 fully saturated rings. The fourth-order valence-corrected chi connectivity index (χ4v) is 3.60. The van der Waals surface area contributed by atoms with Gasteiger partial charge in [-0.25, -0.2) is 0 Å². The summed E-state index contributed by atoms with van der Waals surface area (Å²) in [5, 5.41) is 20.7. The Bertz CT molecular complexity index is 509. The maximum Gasteiger partial charge on any atom is 0.201 e. The molecule has 144 valence electrons. The predicted octanol–water partition coefficient (Wildman–Crippen LogP) is 6.30. The highest BCUT2D eigenvalue weighted by Crippen LogP contribution is 2.44. The van der Waals surface area contributed by atoms with Crippen molar-refractivity contribution in [3.63, 3.8) is 0 Å². The lowest BCUT2D eigenvalue weighted by Gasteiger charge is -2.20. The molecule has 0 atom stereocenters. The molecule has 0 radical (unpaired) electrons. The van der Waals surface area contributed by atoms with E-state index in [1.54, 1.807) is 0 Å². The summed E-state index contributed by atoms with van der Waals surface area (Å²) in [6.45, 7) is 9.02. The standard InChI is InChI=1S/C22H38O3/c1-5-9-10-11-12-13-14-15-16-25-22-19(8-4)17(6-2)18(7-3)20(23)21(22)24/h23-24H,5-16H2,1-4H3. The normalized spacial score (nSPS) is 11.0. The minimum absolute atomic E-state index is 0.00229. The highest BCUT2D eigenvalue weighted by Gasteiger charge is 2.21. The molecule has 0 aliphatic heterocycles. The Morgan fingerprint density at radius 3 is 1.64 bits per heavy atom. The Balaban J connectivity index is 2.59. The first-order chi connectivity index (χ1) is 12.1. The number of benzene rings is 1. The van der Waals surface area contributed by atoms with Gasteiger partial charge in [0, 0.05) is 11.1 Å². The minimum Gasteiger partial charge on any atom is -0.504 e. The summed E-state index contributed by atoms with van der Waals surface area (Å²) in [5.41, 5.74) is 3.04. The molecule has 25 heavy (non-hydrogen) atoms. The summed E-state index contributed by atoms with van der Waals surface area (Å²) in [6.07, 6.45) is 12.4. The summed E-state index contributed by atoms with van der Waals surface area (Å²) < 4.78 is 5.92. The Morgan fingerprint density at radius 1 is 0.600 bits per heavy atom. The third-order valence-electron chi connectivity index (χ3n) is 5.03. The molecule has 0 aliphatic rings. The zero-order valence-corrected chi connectivity index (χ0v) is 16.8. The minimum atomic E-state index is -0.0783. The second-order valence-corrected chi connectivity index (χ2v) is 6.85. The molecule has 0 amide bonds. The number of unbranched alkanes of at least 4 members (excludes halogenated alkanes) is 7. The zero-order chi connectivity index (χ0) is 18.7. The first kappa shape index (κ1) is 21.7. The molecule has 0 saturated heterocycles. The predicted molar refractivity (Wildman–Crippen MR) is 106 cm³/mol. The lowest BCUT2D eigenvalue weighted by atomic mass is 9.93. The van der Waals surface area contributed by atoms with Crippen LogP contribution in [-0.2, 0) is 19.3 Å². The molecule has 1 rings (SSSR count). The van der Waals surface area contributed by atoms with Gasteiger partial charge in [0.1, 0.15) is 0 Å². The van der Waals surface area contributed by atoms with E-state index in [1.165, 1.54) is 38.5 Å². The number of ether oxygens (including phenoxy) is 1. The van der Waals surface area contributed by atoms with Crippen molar-refractivity contribution < 1.29 is 14.9 Å². The van der Waals surface area contributed by atoms with Crippen LogP contribution < -0.4 is 4.74 Å². The molecule has 0 aliphatic carbocycles. The smallest absolute Gasteiger partial charge is 0.201 e. The van der Waals surface area contributed by atoms with Crippen LogP contribution in [0.15, 0.2) is 0 Å². The molecule has 0 bridgehead atoms. The van der Waals surface area contributed by atoms with Crippen molar-refractivity contribution in [1.29, 1.82) is 0 Å². The molecule has 0 unspecified atom stereocenters. The van der Waals surface area contributed by atoms with Crippen LogP contribution in [0.5, 0.6) is 17.2 Å². The molecule has 3 heteroatoms. The second-order valence-electron chi connectivity index (χ2n) is 6.85. The highest BCUT2D eigenvalue weighted by molar-refractivity contribution is 5.62. The largest absolute Gasteiger partial charge is 0.504 e. The molecule has 0 aromatic heterocycles. The summed E-state index contributed by atoms with van der Waals surface area (Å²) in [7, 11) is 0. The first-order valence-electron chi connectivity index (χ1n) is 10.3. The van der Waals surface area contributed by atoms with Gasteiger partial charge in [0.2, 0.25) is 5.75 Å². The van der Waals surface area contributed by atoms with Crippen molar-refractivity contribution in [3.8, 4) is 17.2 Å². The fourth-order valence-electron chi connectivity index (χ4n) is 3.60. The summed E-state index contributed by atoms with van der Waals surface area (Å²) >= 11 is 0. The molecule has 3 nitrogen and oxygen atoms in total. The van der Waals surface area contributed by atoms with E-state index < -0.39 is 0 Å². The molecule has 0 saturated carbocycles. The lowest BCUT2D eigenvalue weighted by Crippen LogP contribution is -2.06. The molecule has 0 heterocycles. The van der Waals surface area contributed by atoms with Gasteiger partial charge in [0.25, 0.3) is 0 Å². The van der Waals surface area contributed by atoms with E-state index in [-0.39, 0.29) is 11.5 Å². The van der Waals surface area contributed by atoms with Crippen molar-refractivity contribution >= 4 is 0 Å². The molecule has 1 aromatic rings. The van der Waals surface area contributed by atoms with E-state index in [1.807, 2.05) is 6.92 Å². The number of phenols is 2. The average Bonchev–Trinajstić information content (AvgIpc) is 2.63. The van der Waals surface area contributed by atoms with Crippen molar-refractivity contribution in [2.24, 2.45) is 0 Å². The number of hydrogen-bond donors (Lipinski definition) is 2. The van der Waals surface area contributed by atoms with E-state index in [2.05, 4.69) is 20.8 Å². The maximum absolute atomic E-state index is 10.4. The second kappa shape index (κ2) is 12.1. The Morgan fingerprint density at radius 2 is 1.12 bits per heavy atom. The molecule has 2 N–H and O–H groups in total. The van der Waals surface area contributed by atoms with E-state index in [4.69, 9.17) is 4.74 Å². The van der Waals surface area contributed by atoms with E-state index in [0.717, 1.165) is 42.4 Å². The average molecular weight is 351 g/mol. The Hall–Kier alpha value is -1.38. The Labute approximate surface area is 154 Å². The van der Waals surface area contributed by atoms with Crippen LogP contribution in [0.4, 0.5) is 0 Å². The van der Waals surface area contributed by atoms with Crippen LogP contribution in [0.1, 0.15) is 95.8 Å². The van der Waals surface area contributed by atoms with Crippen LogP contribution in [-0.4, -0.2) is 16.8 Å². The van der Waals surface area contributed by atoms with Crippen molar-refractivity contribution in [3.05, 3.63) is 16.7 Å². The van der Waals surface area contributed by atoms with Crippen LogP contribution in [0.2, 0.25) is 0 Å². The highest BCUT2D eigenvalue weighted by atomic mass is 16.5. The van der Waals surface area contributed by atoms with Crippen LogP contribution in [0.3, 0.4) is 0 Å². The van der Waals surface area contributed by atoms with Gasteiger partial charge < -0.3 is 14.9 Å². The summed E-state index contributed by atoms with van der Waals surface area (Å²) in [4.78, 5) is 0. The lowest BCUT2D eigenvalue weighted by molar-refractivity contribution is 0.279. The van der Waals surface area contributed by atoms with Gasteiger partial charge in [-0.3, -0.25) is 0 Å². The third-order valence-corrected chi connectivity index (χ3v) is 5.03. The van der Waals surface area contributed by atoms with Gasteiger partial charge in [-0.2, -0.15) is 0 Å². The topological polar surface area (TPSA) is 49.7 Å². The zero-order valence-electron chi connectivity index (χ0n) is 16.8. The summed E-state index contributed by atoms with van der Waals surface area (Å²) in [5.74, 6) is 0.421. The number of phenolic OH excluding ortho intramolecular Hbond substituents is 2. The van der Waals surface area contributed by atoms with Gasteiger partial charge >= 0.3 is 0 Å². The van der Waals surface area contributed by atoms with Gasteiger partial charge in [-0.05, 0) is 31.2 Å². The third kappa shape index (κ3) is 6.13. The van der Waals surface area contributed by atoms with Crippen LogP contribution in [0, 0.1) is 0 Å². The molecule has 1 aromatic carbocycles. The van der Waals surface area contributed by atoms with Gasteiger partial charge in [0.15, 0.2) is 11.5 Å². The maximum atomic E-state index is 10.4. The van der Waals surface area contributed by atoms with Gasteiger partial charge in [-0.1, -0.05) is 72.6 Å². The van der Waals surface area contributed by atoms with Gasteiger partial charge in [-0.15, -0.1) is 0 Å². The molecular weight excluding hydrogens is 312 g/mol. The van der Waals surface area contributed by atoms with Crippen molar-refractivity contribution in [2.45, 2.75) is 98.3 Å². The van der Waals surface area contributed by atoms with Crippen molar-refractivity contribution in [1.82, 2.24) is 0 Å². The van der Waals surface area contributed by atoms with Crippen molar-refractivity contribution in [2.75, 3.05) is 6.61 Å².